The van der Waals surface area contributed by atoms with Crippen molar-refractivity contribution in [2.24, 2.45) is 17.3 Å². The van der Waals surface area contributed by atoms with Gasteiger partial charge in [0.25, 0.3) is 0 Å². The highest BCUT2D eigenvalue weighted by molar-refractivity contribution is 7.96. The van der Waals surface area contributed by atoms with Gasteiger partial charge in [-0.05, 0) is 30.6 Å². The summed E-state index contributed by atoms with van der Waals surface area (Å²) in [5.41, 5.74) is -0.196. The summed E-state index contributed by atoms with van der Waals surface area (Å²) >= 11 is 3.85. The number of thiol groups is 1. The fraction of sp³-hybridized carbons (Fsp3) is 0.789. The minimum Gasteiger partial charge on any atom is -0.449 e. The molecule has 160 valence electrons. The molecule has 0 aromatic rings. The molecule has 0 unspecified atom stereocenters. The van der Waals surface area contributed by atoms with Gasteiger partial charge in [-0.3, -0.25) is 14.4 Å². The molecule has 1 fully saturated rings. The van der Waals surface area contributed by atoms with E-state index in [1.807, 2.05) is 34.6 Å². The number of amides is 3. The van der Waals surface area contributed by atoms with Crippen molar-refractivity contribution >= 4 is 35.7 Å². The second-order valence-electron chi connectivity index (χ2n) is 8.88. The summed E-state index contributed by atoms with van der Waals surface area (Å²) < 4.78 is 5.18. The van der Waals surface area contributed by atoms with Crippen LogP contribution >= 0.6 is 12.6 Å². The number of nitrogens with one attached hydrogen (secondary N) is 3. The molecule has 1 aliphatic heterocycles. The molecule has 28 heavy (non-hydrogen) atoms. The van der Waals surface area contributed by atoms with Crippen molar-refractivity contribution in [3.63, 3.8) is 0 Å². The highest BCUT2D eigenvalue weighted by Gasteiger charge is 2.32. The highest BCUT2D eigenvalue weighted by Crippen LogP contribution is 2.18. The Balaban J connectivity index is 2.73. The summed E-state index contributed by atoms with van der Waals surface area (Å²) in [4.78, 5) is 48.4. The van der Waals surface area contributed by atoms with Gasteiger partial charge in [-0.1, -0.05) is 34.6 Å². The number of ether oxygens (including phenoxy) is 1. The smallest absolute Gasteiger partial charge is 0.407 e. The van der Waals surface area contributed by atoms with Crippen LogP contribution in [-0.4, -0.2) is 48.3 Å². The van der Waals surface area contributed by atoms with Gasteiger partial charge in [0.15, 0.2) is 0 Å². The summed E-state index contributed by atoms with van der Waals surface area (Å²) in [6.07, 6.45) is 0.495. The van der Waals surface area contributed by atoms with Crippen molar-refractivity contribution in [3.8, 4) is 0 Å². The zero-order valence-electron chi connectivity index (χ0n) is 17.3. The van der Waals surface area contributed by atoms with Gasteiger partial charge in [0.05, 0.1) is 12.6 Å². The van der Waals surface area contributed by atoms with E-state index in [-0.39, 0.29) is 36.2 Å². The van der Waals surface area contributed by atoms with Gasteiger partial charge in [0, 0.05) is 12.5 Å². The predicted molar refractivity (Wildman–Crippen MR) is 109 cm³/mol. The van der Waals surface area contributed by atoms with Crippen LogP contribution in [0.2, 0.25) is 0 Å². The zero-order chi connectivity index (χ0) is 21.5. The van der Waals surface area contributed by atoms with Crippen molar-refractivity contribution in [1.29, 1.82) is 0 Å². The maximum Gasteiger partial charge on any atom is 0.407 e. The molecule has 1 rings (SSSR count). The average Bonchev–Trinajstić information content (AvgIpc) is 2.95. The van der Waals surface area contributed by atoms with E-state index in [0.29, 0.717) is 19.4 Å². The van der Waals surface area contributed by atoms with Gasteiger partial charge in [-0.15, -0.1) is 12.6 Å². The Kier molecular flexibility index (Phi) is 9.26. The van der Waals surface area contributed by atoms with E-state index in [0.717, 1.165) is 0 Å². The molecule has 1 saturated heterocycles. The second kappa shape index (κ2) is 10.7. The molecule has 0 aromatic heterocycles. The molecule has 8 nitrogen and oxygen atoms in total. The van der Waals surface area contributed by atoms with Crippen LogP contribution in [-0.2, 0) is 19.1 Å². The lowest BCUT2D eigenvalue weighted by atomic mass is 9.98. The van der Waals surface area contributed by atoms with Crippen LogP contribution in [0.25, 0.3) is 0 Å². The van der Waals surface area contributed by atoms with Crippen LogP contribution in [0.5, 0.6) is 0 Å². The molecule has 0 radical (unpaired) electrons. The Morgan fingerprint density at radius 2 is 1.86 bits per heavy atom. The van der Waals surface area contributed by atoms with E-state index >= 15 is 0 Å². The molecule has 9 heteroatoms. The average molecular weight is 416 g/mol. The molecule has 0 aromatic carbocycles. The van der Waals surface area contributed by atoms with Crippen LogP contribution in [0.3, 0.4) is 0 Å². The highest BCUT2D eigenvalue weighted by atomic mass is 32.1. The zero-order valence-corrected chi connectivity index (χ0v) is 18.2. The van der Waals surface area contributed by atoms with E-state index < -0.39 is 29.2 Å². The van der Waals surface area contributed by atoms with Crippen LogP contribution in [0.1, 0.15) is 53.9 Å². The van der Waals surface area contributed by atoms with Gasteiger partial charge in [0.2, 0.25) is 16.9 Å². The lowest BCUT2D eigenvalue weighted by Gasteiger charge is -2.24. The third-order valence-electron chi connectivity index (χ3n) is 4.25. The summed E-state index contributed by atoms with van der Waals surface area (Å²) in [5.74, 6) is -0.831. The topological polar surface area (TPSA) is 114 Å². The maximum atomic E-state index is 12.7. The minimum atomic E-state index is -0.897. The lowest BCUT2D eigenvalue weighted by Crippen LogP contribution is -2.52. The molecule has 0 bridgehead atoms. The quantitative estimate of drug-likeness (QED) is 0.428. The van der Waals surface area contributed by atoms with E-state index in [1.54, 1.807) is 0 Å². The monoisotopic (exact) mass is 415 g/mol. The molecule has 3 amide bonds. The third kappa shape index (κ3) is 8.95. The Morgan fingerprint density at radius 1 is 1.21 bits per heavy atom. The lowest BCUT2D eigenvalue weighted by molar-refractivity contribution is -0.128. The summed E-state index contributed by atoms with van der Waals surface area (Å²) in [6, 6.07) is -1.74. The molecular formula is C19H33N3O5S. The van der Waals surface area contributed by atoms with E-state index in [2.05, 4.69) is 28.6 Å². The molecule has 0 saturated carbocycles. The Hall–Kier alpha value is -1.77. The first-order valence-corrected chi connectivity index (χ1v) is 10.1. The third-order valence-corrected chi connectivity index (χ3v) is 4.56. The van der Waals surface area contributed by atoms with Gasteiger partial charge in [-0.25, -0.2) is 4.79 Å². The standard InChI is InChI=1S/C19H33N3O5S/c1-11(2)8-13(22-18(26)27-10-19(3,4)5)16(24)21-14(17(25)28)9-12-6-7-20-15(12)23/h11-14H,6-10H2,1-5H3,(H,20,23)(H,21,24)(H,22,26)(H,25,28)/t12-,13-,14-/m0/s1. The molecule has 3 N–H and O–H groups in total. The molecule has 0 spiro atoms. The Morgan fingerprint density at radius 3 is 2.32 bits per heavy atom. The van der Waals surface area contributed by atoms with Crippen LogP contribution in [0.15, 0.2) is 0 Å². The van der Waals surface area contributed by atoms with Crippen molar-refractivity contribution in [1.82, 2.24) is 16.0 Å². The normalized spacial score (nSPS) is 19.0. The molecule has 1 aliphatic rings. The van der Waals surface area contributed by atoms with Crippen molar-refractivity contribution in [2.45, 2.75) is 66.0 Å². The first-order valence-electron chi connectivity index (χ1n) is 9.63. The van der Waals surface area contributed by atoms with Gasteiger partial charge >= 0.3 is 6.09 Å². The van der Waals surface area contributed by atoms with Gasteiger partial charge in [-0.2, -0.15) is 0 Å². The molecule has 0 aliphatic carbocycles. The molecule has 3 atom stereocenters. The van der Waals surface area contributed by atoms with E-state index in [4.69, 9.17) is 4.74 Å². The Bertz CT molecular complexity index is 589. The number of carbonyl (C=O) groups is 4. The fourth-order valence-corrected chi connectivity index (χ4v) is 2.99. The minimum absolute atomic E-state index is 0.128. The summed E-state index contributed by atoms with van der Waals surface area (Å²) in [5, 5.41) is 7.40. The van der Waals surface area contributed by atoms with Crippen LogP contribution in [0.4, 0.5) is 4.79 Å². The van der Waals surface area contributed by atoms with E-state index in [1.165, 1.54) is 0 Å². The summed E-state index contributed by atoms with van der Waals surface area (Å²) in [6.45, 7) is 10.4. The fourth-order valence-electron chi connectivity index (χ4n) is 2.82. The largest absolute Gasteiger partial charge is 0.449 e. The first kappa shape index (κ1) is 24.3. The first-order chi connectivity index (χ1) is 12.9. The van der Waals surface area contributed by atoms with Crippen LogP contribution in [0, 0.1) is 17.3 Å². The van der Waals surface area contributed by atoms with Crippen LogP contribution < -0.4 is 16.0 Å². The number of hydrogen-bond acceptors (Lipinski definition) is 5. The number of hydrogen-bond donors (Lipinski definition) is 4. The second-order valence-corrected chi connectivity index (χ2v) is 9.32. The predicted octanol–water partition coefficient (Wildman–Crippen LogP) is 1.64. The van der Waals surface area contributed by atoms with Crippen molar-refractivity contribution < 1.29 is 23.9 Å². The maximum absolute atomic E-state index is 12.7. The van der Waals surface area contributed by atoms with E-state index in [9.17, 15) is 19.2 Å². The Labute approximate surface area is 172 Å². The molecule has 1 heterocycles. The number of carbonyl (C=O) groups excluding carboxylic acids is 4. The van der Waals surface area contributed by atoms with Crippen molar-refractivity contribution in [2.75, 3.05) is 13.2 Å². The van der Waals surface area contributed by atoms with Gasteiger partial charge in [0.1, 0.15) is 6.04 Å². The summed E-state index contributed by atoms with van der Waals surface area (Å²) in [7, 11) is 0. The number of alkyl carbamates (subject to hydrolysis) is 1. The number of rotatable bonds is 9. The van der Waals surface area contributed by atoms with Crippen molar-refractivity contribution in [3.05, 3.63) is 0 Å². The van der Waals surface area contributed by atoms with Gasteiger partial charge < -0.3 is 20.7 Å². The molecular weight excluding hydrogens is 382 g/mol. The SMILES string of the molecule is CC(C)C[C@H](NC(=O)OCC(C)(C)C)C(=O)N[C@@H](C[C@@H]1CCNC1=O)C(=O)S.